The molecule has 92 valence electrons. The number of rotatable bonds is 3. The van der Waals surface area contributed by atoms with Gasteiger partial charge in [0.2, 0.25) is 0 Å². The van der Waals surface area contributed by atoms with Crippen LogP contribution in [0.5, 0.6) is 0 Å². The number of nitrogens with zero attached hydrogens (tertiary/aromatic N) is 1. The number of carbonyl (C=O) groups excluding carboxylic acids is 1. The number of halogens is 1. The lowest BCUT2D eigenvalue weighted by Gasteiger charge is -2.34. The lowest BCUT2D eigenvalue weighted by atomic mass is 9.87. The van der Waals surface area contributed by atoms with E-state index in [0.29, 0.717) is 17.6 Å². The smallest absolute Gasteiger partial charge is 0.132 e. The van der Waals surface area contributed by atoms with E-state index in [2.05, 4.69) is 4.90 Å². The van der Waals surface area contributed by atoms with Crippen LogP contribution in [-0.2, 0) is 4.79 Å². The Hall–Kier alpha value is -0.440. The number of likely N-dealkylation sites (tertiary alicyclic amines) is 1. The fourth-order valence-corrected chi connectivity index (χ4v) is 2.87. The molecule has 2 aliphatic rings. The van der Waals surface area contributed by atoms with E-state index < -0.39 is 0 Å². The highest BCUT2D eigenvalue weighted by molar-refractivity contribution is 5.79. The van der Waals surface area contributed by atoms with Crippen molar-refractivity contribution in [3.63, 3.8) is 0 Å². The zero-order valence-electron chi connectivity index (χ0n) is 9.96. The second-order valence-corrected chi connectivity index (χ2v) is 5.38. The number of alkyl halides is 1. The minimum absolute atomic E-state index is 0.147. The van der Waals surface area contributed by atoms with Crippen molar-refractivity contribution in [3.8, 4) is 0 Å². The first-order valence-electron chi connectivity index (χ1n) is 6.58. The Morgan fingerprint density at radius 1 is 1.06 bits per heavy atom. The third kappa shape index (κ3) is 3.27. The molecule has 3 heteroatoms. The molecule has 1 saturated carbocycles. The maximum atomic E-state index is 12.5. The largest absolute Gasteiger partial charge is 0.303 e. The number of Topliss-reactive ketones (excluding diaryl/α,β-unsaturated/α-hetero) is 1. The van der Waals surface area contributed by atoms with Crippen molar-refractivity contribution in [2.24, 2.45) is 11.8 Å². The van der Waals surface area contributed by atoms with Crippen molar-refractivity contribution in [1.82, 2.24) is 4.90 Å². The van der Waals surface area contributed by atoms with Gasteiger partial charge in [0.15, 0.2) is 0 Å². The van der Waals surface area contributed by atoms with Crippen molar-refractivity contribution in [2.45, 2.75) is 38.5 Å². The van der Waals surface area contributed by atoms with Crippen molar-refractivity contribution < 1.29 is 9.18 Å². The Kier molecular flexibility index (Phi) is 4.33. The first-order valence-corrected chi connectivity index (χ1v) is 6.58. The van der Waals surface area contributed by atoms with Crippen LogP contribution >= 0.6 is 0 Å². The molecule has 1 aliphatic heterocycles. The van der Waals surface area contributed by atoms with Gasteiger partial charge in [0.1, 0.15) is 5.78 Å². The summed E-state index contributed by atoms with van der Waals surface area (Å²) >= 11 is 0. The van der Waals surface area contributed by atoms with E-state index >= 15 is 0 Å². The van der Waals surface area contributed by atoms with Gasteiger partial charge < -0.3 is 4.90 Å². The molecule has 0 bridgehead atoms. The summed E-state index contributed by atoms with van der Waals surface area (Å²) in [6.45, 7) is 3.09. The minimum atomic E-state index is -0.147. The van der Waals surface area contributed by atoms with Crippen molar-refractivity contribution in [3.05, 3.63) is 0 Å². The second-order valence-electron chi connectivity index (χ2n) is 5.38. The molecule has 0 N–H and O–H groups in total. The quantitative estimate of drug-likeness (QED) is 0.738. The molecule has 0 aromatic rings. The summed E-state index contributed by atoms with van der Waals surface area (Å²) < 4.78 is 12.5. The van der Waals surface area contributed by atoms with E-state index in [1.807, 2.05) is 0 Å². The van der Waals surface area contributed by atoms with Gasteiger partial charge >= 0.3 is 0 Å². The molecule has 0 aromatic carbocycles. The standard InChI is InChI=1S/C13H22FNO/c14-9-11-5-7-15(8-6-11)10-12-1-3-13(16)4-2-12/h11-12H,1-10H2. The third-order valence-electron chi connectivity index (χ3n) is 4.10. The second kappa shape index (κ2) is 5.76. The van der Waals surface area contributed by atoms with Gasteiger partial charge in [-0.2, -0.15) is 0 Å². The minimum Gasteiger partial charge on any atom is -0.303 e. The normalized spacial score (nSPS) is 26.2. The Morgan fingerprint density at radius 2 is 1.69 bits per heavy atom. The van der Waals surface area contributed by atoms with Crippen LogP contribution in [0.3, 0.4) is 0 Å². The van der Waals surface area contributed by atoms with Gasteiger partial charge in [-0.3, -0.25) is 9.18 Å². The van der Waals surface area contributed by atoms with Gasteiger partial charge in [0.25, 0.3) is 0 Å². The van der Waals surface area contributed by atoms with Crippen molar-refractivity contribution in [2.75, 3.05) is 26.3 Å². The molecule has 16 heavy (non-hydrogen) atoms. The van der Waals surface area contributed by atoms with Crippen molar-refractivity contribution >= 4 is 5.78 Å². The average molecular weight is 227 g/mol. The molecule has 1 saturated heterocycles. The van der Waals surface area contributed by atoms with Gasteiger partial charge in [-0.15, -0.1) is 0 Å². The van der Waals surface area contributed by atoms with Crippen LogP contribution in [0.4, 0.5) is 4.39 Å². The average Bonchev–Trinajstić information content (AvgIpc) is 2.33. The molecule has 1 heterocycles. The van der Waals surface area contributed by atoms with Gasteiger partial charge in [-0.05, 0) is 50.6 Å². The summed E-state index contributed by atoms with van der Waals surface area (Å²) in [5, 5.41) is 0. The fourth-order valence-electron chi connectivity index (χ4n) is 2.87. The molecule has 2 fully saturated rings. The van der Waals surface area contributed by atoms with E-state index in [0.717, 1.165) is 58.2 Å². The zero-order chi connectivity index (χ0) is 11.4. The van der Waals surface area contributed by atoms with E-state index in [9.17, 15) is 9.18 Å². The number of ketones is 1. The van der Waals surface area contributed by atoms with E-state index in [1.54, 1.807) is 0 Å². The number of hydrogen-bond donors (Lipinski definition) is 0. The maximum Gasteiger partial charge on any atom is 0.132 e. The molecule has 2 rings (SSSR count). The molecule has 0 unspecified atom stereocenters. The summed E-state index contributed by atoms with van der Waals surface area (Å²) in [6.07, 6.45) is 5.74. The van der Waals surface area contributed by atoms with Crippen LogP contribution in [0.15, 0.2) is 0 Å². The van der Waals surface area contributed by atoms with Gasteiger partial charge in [0.05, 0.1) is 6.67 Å². The maximum absolute atomic E-state index is 12.5. The van der Waals surface area contributed by atoms with Crippen LogP contribution in [0.1, 0.15) is 38.5 Å². The predicted octanol–water partition coefficient (Wildman–Crippen LogP) is 2.43. The molecular formula is C13H22FNO. The zero-order valence-corrected chi connectivity index (χ0v) is 9.96. The van der Waals surface area contributed by atoms with Gasteiger partial charge in [-0.1, -0.05) is 0 Å². The fraction of sp³-hybridized carbons (Fsp3) is 0.923. The van der Waals surface area contributed by atoms with Crippen LogP contribution in [0.2, 0.25) is 0 Å². The SMILES string of the molecule is O=C1CCC(CN2CCC(CF)CC2)CC1. The molecule has 0 amide bonds. The van der Waals surface area contributed by atoms with Gasteiger partial charge in [-0.25, -0.2) is 0 Å². The molecule has 2 nitrogen and oxygen atoms in total. The van der Waals surface area contributed by atoms with Crippen LogP contribution in [0.25, 0.3) is 0 Å². The Morgan fingerprint density at radius 3 is 2.25 bits per heavy atom. The van der Waals surface area contributed by atoms with Crippen LogP contribution < -0.4 is 0 Å². The number of hydrogen-bond acceptors (Lipinski definition) is 2. The van der Waals surface area contributed by atoms with E-state index in [4.69, 9.17) is 0 Å². The number of carbonyl (C=O) groups is 1. The Balaban J connectivity index is 1.68. The summed E-state index contributed by atoms with van der Waals surface area (Å²) in [4.78, 5) is 13.6. The molecule has 0 radical (unpaired) electrons. The predicted molar refractivity (Wildman–Crippen MR) is 62.1 cm³/mol. The number of piperidine rings is 1. The summed E-state index contributed by atoms with van der Waals surface area (Å²) in [7, 11) is 0. The Labute approximate surface area is 97.2 Å². The van der Waals surface area contributed by atoms with Crippen LogP contribution in [-0.4, -0.2) is 37.0 Å². The molecule has 0 aromatic heterocycles. The lowest BCUT2D eigenvalue weighted by Crippen LogP contribution is -2.38. The highest BCUT2D eigenvalue weighted by Crippen LogP contribution is 2.25. The summed E-state index contributed by atoms with van der Waals surface area (Å²) in [6, 6.07) is 0. The highest BCUT2D eigenvalue weighted by atomic mass is 19.1. The monoisotopic (exact) mass is 227 g/mol. The first kappa shape index (κ1) is 12.0. The van der Waals surface area contributed by atoms with Crippen LogP contribution in [0, 0.1) is 11.8 Å². The van der Waals surface area contributed by atoms with Crippen molar-refractivity contribution in [1.29, 1.82) is 0 Å². The lowest BCUT2D eigenvalue weighted by molar-refractivity contribution is -0.121. The molecule has 0 spiro atoms. The summed E-state index contributed by atoms with van der Waals surface area (Å²) in [5.74, 6) is 1.45. The molecular weight excluding hydrogens is 205 g/mol. The van der Waals surface area contributed by atoms with Gasteiger partial charge in [0, 0.05) is 19.4 Å². The van der Waals surface area contributed by atoms with E-state index in [-0.39, 0.29) is 6.67 Å². The van der Waals surface area contributed by atoms with E-state index in [1.165, 1.54) is 0 Å². The third-order valence-corrected chi connectivity index (χ3v) is 4.10. The topological polar surface area (TPSA) is 20.3 Å². The first-order chi connectivity index (χ1) is 7.78. The highest BCUT2D eigenvalue weighted by Gasteiger charge is 2.24. The molecule has 1 aliphatic carbocycles. The summed E-state index contributed by atoms with van der Waals surface area (Å²) in [5.41, 5.74) is 0. The Bertz CT molecular complexity index is 226. The molecule has 0 atom stereocenters.